The van der Waals surface area contributed by atoms with Crippen LogP contribution in [0.15, 0.2) is 36.7 Å². The fraction of sp³-hybridized carbons (Fsp3) is 0.562. The average molecular weight is 611 g/mol. The maximum atomic E-state index is 13.4. The molecule has 0 spiro atoms. The van der Waals surface area contributed by atoms with Gasteiger partial charge in [0, 0.05) is 103 Å². The van der Waals surface area contributed by atoms with Crippen molar-refractivity contribution < 1.29 is 19.1 Å². The van der Waals surface area contributed by atoms with Crippen molar-refractivity contribution in [3.05, 3.63) is 52.8 Å². The van der Waals surface area contributed by atoms with Crippen molar-refractivity contribution >= 4 is 40.9 Å². The number of rotatable bonds is 8. The molecule has 4 heterocycles. The largest absolute Gasteiger partial charge is 0.446 e. The molecule has 1 aromatic carbocycles. The summed E-state index contributed by atoms with van der Waals surface area (Å²) in [4.78, 5) is 52.5. The van der Waals surface area contributed by atoms with Crippen LogP contribution in [-0.4, -0.2) is 110 Å². The van der Waals surface area contributed by atoms with Gasteiger partial charge in [0.05, 0.1) is 11.3 Å². The maximum Gasteiger partial charge on any atom is 0.414 e. The molecule has 5 rings (SSSR count). The van der Waals surface area contributed by atoms with Gasteiger partial charge in [-0.05, 0) is 55.5 Å². The topological polar surface area (TPSA) is 89.5 Å². The molecule has 3 aliphatic heterocycles. The molecule has 2 aromatic rings. The summed E-state index contributed by atoms with van der Waals surface area (Å²) in [5.74, 6) is 0.996. The molecule has 3 aliphatic rings. The number of pyridine rings is 1. The summed E-state index contributed by atoms with van der Waals surface area (Å²) < 4.78 is 5.93. The molecule has 11 heteroatoms. The Morgan fingerprint density at radius 3 is 2.35 bits per heavy atom. The Labute approximate surface area is 259 Å². The lowest BCUT2D eigenvalue weighted by Gasteiger charge is -2.32. The smallest absolute Gasteiger partial charge is 0.414 e. The van der Waals surface area contributed by atoms with Crippen LogP contribution in [0.1, 0.15) is 42.1 Å². The van der Waals surface area contributed by atoms with Crippen LogP contribution in [0, 0.1) is 18.8 Å². The van der Waals surface area contributed by atoms with Gasteiger partial charge in [0.2, 0.25) is 5.91 Å². The summed E-state index contributed by atoms with van der Waals surface area (Å²) in [6.07, 6.45) is 4.87. The van der Waals surface area contributed by atoms with Gasteiger partial charge >= 0.3 is 6.09 Å². The molecule has 43 heavy (non-hydrogen) atoms. The Hall–Kier alpha value is -3.37. The van der Waals surface area contributed by atoms with Crippen molar-refractivity contribution in [3.63, 3.8) is 0 Å². The fourth-order valence-electron chi connectivity index (χ4n) is 6.57. The Balaban J connectivity index is 1.15. The first-order valence-electron chi connectivity index (χ1n) is 15.2. The second-order valence-corrected chi connectivity index (χ2v) is 12.7. The molecule has 1 aromatic heterocycles. The minimum Gasteiger partial charge on any atom is -0.446 e. The van der Waals surface area contributed by atoms with Crippen LogP contribution in [0.5, 0.6) is 0 Å². The molecule has 0 saturated carbocycles. The molecule has 0 bridgehead atoms. The lowest BCUT2D eigenvalue weighted by Crippen LogP contribution is -2.43. The standard InChI is InChI=1S/C32H43ClN6O4/c1-22-6-7-26(16-29(22)33)39(32(42)43-27-9-14-37(15-10-27)23(2)40)13-5-12-36-18-24-20-38(21-25(24)19-36)31(41)28-17-34-11-8-30(28)35(3)4/h6-8,11,16-17,24-25,27H,5,9-10,12-15,18-21H2,1-4H3. The van der Waals surface area contributed by atoms with Gasteiger partial charge in [-0.25, -0.2) is 4.79 Å². The predicted octanol–water partition coefficient (Wildman–Crippen LogP) is 4.16. The third-order valence-corrected chi connectivity index (χ3v) is 9.46. The zero-order chi connectivity index (χ0) is 30.7. The number of aromatic nitrogens is 1. The van der Waals surface area contributed by atoms with Gasteiger partial charge in [0.25, 0.3) is 5.91 Å². The number of halogens is 1. The monoisotopic (exact) mass is 610 g/mol. The number of benzene rings is 1. The van der Waals surface area contributed by atoms with Gasteiger partial charge in [-0.15, -0.1) is 0 Å². The van der Waals surface area contributed by atoms with E-state index >= 15 is 0 Å². The number of carbonyl (C=O) groups excluding carboxylic acids is 3. The molecule has 2 unspecified atom stereocenters. The van der Waals surface area contributed by atoms with Crippen LogP contribution in [0.4, 0.5) is 16.2 Å². The number of anilines is 2. The predicted molar refractivity (Wildman–Crippen MR) is 168 cm³/mol. The number of carbonyl (C=O) groups is 3. The molecule has 3 amide bonds. The molecule has 0 aliphatic carbocycles. The summed E-state index contributed by atoms with van der Waals surface area (Å²) in [5.41, 5.74) is 3.21. The highest BCUT2D eigenvalue weighted by molar-refractivity contribution is 6.31. The number of amides is 3. The number of hydrogen-bond donors (Lipinski definition) is 0. The Morgan fingerprint density at radius 2 is 1.72 bits per heavy atom. The van der Waals surface area contributed by atoms with Gasteiger partial charge in [-0.2, -0.15) is 0 Å². The highest BCUT2D eigenvalue weighted by atomic mass is 35.5. The first kappa shape index (κ1) is 31.1. The fourth-order valence-corrected chi connectivity index (χ4v) is 6.75. The maximum absolute atomic E-state index is 13.4. The summed E-state index contributed by atoms with van der Waals surface area (Å²) in [7, 11) is 3.88. The van der Waals surface area contributed by atoms with E-state index in [9.17, 15) is 14.4 Å². The van der Waals surface area contributed by atoms with Crippen LogP contribution in [0.2, 0.25) is 5.02 Å². The zero-order valence-electron chi connectivity index (χ0n) is 25.7. The minimum absolute atomic E-state index is 0.0515. The second-order valence-electron chi connectivity index (χ2n) is 12.3. The van der Waals surface area contributed by atoms with Gasteiger partial charge < -0.3 is 24.3 Å². The SMILES string of the molecule is CC(=O)N1CCC(OC(=O)N(CCCN2CC3CN(C(=O)c4cnccc4N(C)C)CC3C2)c2ccc(C)c(Cl)c2)CC1. The lowest BCUT2D eigenvalue weighted by molar-refractivity contribution is -0.130. The van der Waals surface area contributed by atoms with E-state index in [2.05, 4.69) is 9.88 Å². The number of piperidine rings is 1. The first-order valence-corrected chi connectivity index (χ1v) is 15.6. The van der Waals surface area contributed by atoms with E-state index in [1.54, 1.807) is 29.1 Å². The van der Waals surface area contributed by atoms with E-state index in [4.69, 9.17) is 16.3 Å². The molecular formula is C32H43ClN6O4. The van der Waals surface area contributed by atoms with Gasteiger partial charge in [-0.3, -0.25) is 19.5 Å². The molecule has 232 valence electrons. The van der Waals surface area contributed by atoms with Crippen molar-refractivity contribution in [2.24, 2.45) is 11.8 Å². The normalized spacial score (nSPS) is 20.7. The van der Waals surface area contributed by atoms with Crippen LogP contribution in [0.25, 0.3) is 0 Å². The Kier molecular flexibility index (Phi) is 9.76. The molecule has 3 saturated heterocycles. The minimum atomic E-state index is -0.374. The number of hydrogen-bond acceptors (Lipinski definition) is 7. The quantitative estimate of drug-likeness (QED) is 0.443. The number of nitrogens with zero attached hydrogens (tertiary/aromatic N) is 6. The zero-order valence-corrected chi connectivity index (χ0v) is 26.4. The highest BCUT2D eigenvalue weighted by Crippen LogP contribution is 2.33. The Bertz CT molecular complexity index is 1320. The van der Waals surface area contributed by atoms with Crippen LogP contribution < -0.4 is 9.80 Å². The number of likely N-dealkylation sites (tertiary alicyclic amines) is 3. The van der Waals surface area contributed by atoms with E-state index < -0.39 is 0 Å². The van der Waals surface area contributed by atoms with E-state index in [1.807, 2.05) is 55.1 Å². The van der Waals surface area contributed by atoms with Crippen LogP contribution >= 0.6 is 11.6 Å². The van der Waals surface area contributed by atoms with E-state index in [-0.39, 0.29) is 24.0 Å². The van der Waals surface area contributed by atoms with Crippen molar-refractivity contribution in [1.82, 2.24) is 19.7 Å². The third kappa shape index (κ3) is 7.24. The number of fused-ring (bicyclic) bond motifs is 1. The highest BCUT2D eigenvalue weighted by Gasteiger charge is 2.42. The van der Waals surface area contributed by atoms with Gasteiger partial charge in [-0.1, -0.05) is 17.7 Å². The molecular weight excluding hydrogens is 568 g/mol. The van der Waals surface area contributed by atoms with Gasteiger partial charge in [0.1, 0.15) is 6.10 Å². The number of aryl methyl sites for hydroxylation is 1. The van der Waals surface area contributed by atoms with Crippen LogP contribution in [-0.2, 0) is 9.53 Å². The van der Waals surface area contributed by atoms with Crippen molar-refractivity contribution in [2.75, 3.05) is 76.3 Å². The van der Waals surface area contributed by atoms with E-state index in [1.165, 1.54) is 0 Å². The molecule has 10 nitrogen and oxygen atoms in total. The summed E-state index contributed by atoms with van der Waals surface area (Å²) in [5, 5.41) is 0.612. The first-order chi connectivity index (χ1) is 20.6. The summed E-state index contributed by atoms with van der Waals surface area (Å²) in [6.45, 7) is 9.47. The summed E-state index contributed by atoms with van der Waals surface area (Å²) in [6, 6.07) is 7.54. The van der Waals surface area contributed by atoms with E-state index in [0.29, 0.717) is 54.9 Å². The molecule has 2 atom stereocenters. The van der Waals surface area contributed by atoms with Crippen LogP contribution in [0.3, 0.4) is 0 Å². The Morgan fingerprint density at radius 1 is 1.02 bits per heavy atom. The third-order valence-electron chi connectivity index (χ3n) is 9.06. The number of ether oxygens (including phenoxy) is 1. The van der Waals surface area contributed by atoms with Gasteiger partial charge in [0.15, 0.2) is 0 Å². The van der Waals surface area contributed by atoms with Crippen molar-refractivity contribution in [1.29, 1.82) is 0 Å². The van der Waals surface area contributed by atoms with Crippen molar-refractivity contribution in [2.45, 2.75) is 39.2 Å². The molecule has 0 N–H and O–H groups in total. The summed E-state index contributed by atoms with van der Waals surface area (Å²) >= 11 is 6.43. The molecule has 0 radical (unpaired) electrons. The van der Waals surface area contributed by atoms with Crippen molar-refractivity contribution in [3.8, 4) is 0 Å². The average Bonchev–Trinajstić information content (AvgIpc) is 3.56. The second kappa shape index (κ2) is 13.5. The van der Waals surface area contributed by atoms with E-state index in [0.717, 1.165) is 56.1 Å². The molecule has 3 fully saturated rings. The lowest BCUT2D eigenvalue weighted by atomic mass is 10.0.